The first-order valence-electron chi connectivity index (χ1n) is 10.1. The number of anilines is 1. The molecule has 0 spiro atoms. The molecule has 0 aliphatic carbocycles. The minimum absolute atomic E-state index is 0.0654. The fourth-order valence-corrected chi connectivity index (χ4v) is 5.32. The number of hydrogen-bond donors (Lipinski definition) is 1. The van der Waals surface area contributed by atoms with Crippen molar-refractivity contribution in [2.24, 2.45) is 5.92 Å². The molecule has 0 saturated carbocycles. The number of rotatable bonds is 7. The van der Waals surface area contributed by atoms with Crippen LogP contribution in [0.15, 0.2) is 53.0 Å². The van der Waals surface area contributed by atoms with Crippen LogP contribution in [-0.2, 0) is 25.3 Å². The zero-order chi connectivity index (χ0) is 22.4. The van der Waals surface area contributed by atoms with Gasteiger partial charge in [0.05, 0.1) is 23.6 Å². The van der Waals surface area contributed by atoms with E-state index < -0.39 is 16.0 Å². The first kappa shape index (κ1) is 23.4. The highest BCUT2D eigenvalue weighted by Crippen LogP contribution is 2.25. The number of carbonyl (C=O) groups is 2. The van der Waals surface area contributed by atoms with Crippen molar-refractivity contribution in [3.63, 3.8) is 0 Å². The summed E-state index contributed by atoms with van der Waals surface area (Å²) in [6, 6.07) is 13.9. The number of ether oxygens (including phenoxy) is 1. The van der Waals surface area contributed by atoms with Crippen LogP contribution in [0.5, 0.6) is 0 Å². The third kappa shape index (κ3) is 6.15. The van der Waals surface area contributed by atoms with Gasteiger partial charge in [-0.3, -0.25) is 4.79 Å². The Morgan fingerprint density at radius 3 is 2.39 bits per heavy atom. The molecule has 1 aliphatic heterocycles. The van der Waals surface area contributed by atoms with Crippen molar-refractivity contribution < 1.29 is 22.7 Å². The number of para-hydroxylation sites is 1. The van der Waals surface area contributed by atoms with Crippen molar-refractivity contribution in [1.29, 1.82) is 0 Å². The molecular formula is C22H25BrN2O5S. The summed E-state index contributed by atoms with van der Waals surface area (Å²) < 4.78 is 32.9. The van der Waals surface area contributed by atoms with Gasteiger partial charge in [-0.25, -0.2) is 17.5 Å². The van der Waals surface area contributed by atoms with Gasteiger partial charge in [-0.05, 0) is 49.6 Å². The van der Waals surface area contributed by atoms with Gasteiger partial charge in [0.2, 0.25) is 15.9 Å². The van der Waals surface area contributed by atoms with Crippen molar-refractivity contribution in [2.75, 3.05) is 25.0 Å². The average Bonchev–Trinajstić information content (AvgIpc) is 2.76. The van der Waals surface area contributed by atoms with Crippen LogP contribution in [-0.4, -0.2) is 44.3 Å². The van der Waals surface area contributed by atoms with Crippen LogP contribution in [0.1, 0.15) is 35.7 Å². The Labute approximate surface area is 191 Å². The first-order valence-corrected chi connectivity index (χ1v) is 12.5. The largest absolute Gasteiger partial charge is 0.462 e. The highest BCUT2D eigenvalue weighted by Gasteiger charge is 2.31. The number of halogens is 1. The standard InChI is InChI=1S/C22H25BrN2O5S/c1-2-30-22(27)19-5-3-4-6-20(19)24-21(26)17-11-13-25(14-12-17)31(28,29)15-16-7-9-18(23)10-8-16/h3-10,17H,2,11-15H2,1H3,(H,24,26). The molecule has 1 aliphatic rings. The molecule has 1 saturated heterocycles. The number of esters is 1. The van der Waals surface area contributed by atoms with Crippen molar-refractivity contribution >= 4 is 43.5 Å². The lowest BCUT2D eigenvalue weighted by molar-refractivity contribution is -0.120. The molecule has 1 amide bonds. The van der Waals surface area contributed by atoms with Gasteiger partial charge in [-0.1, -0.05) is 40.2 Å². The molecule has 7 nitrogen and oxygen atoms in total. The molecule has 1 N–H and O–H groups in total. The Balaban J connectivity index is 1.59. The Bertz CT molecular complexity index is 1030. The highest BCUT2D eigenvalue weighted by atomic mass is 79.9. The molecule has 9 heteroatoms. The van der Waals surface area contributed by atoms with Crippen molar-refractivity contribution in [2.45, 2.75) is 25.5 Å². The summed E-state index contributed by atoms with van der Waals surface area (Å²) in [5.74, 6) is -1.10. The van der Waals surface area contributed by atoms with Crippen LogP contribution >= 0.6 is 15.9 Å². The highest BCUT2D eigenvalue weighted by molar-refractivity contribution is 9.10. The van der Waals surface area contributed by atoms with Gasteiger partial charge >= 0.3 is 5.97 Å². The maximum absolute atomic E-state index is 12.8. The summed E-state index contributed by atoms with van der Waals surface area (Å²) in [6.07, 6.45) is 0.847. The van der Waals surface area contributed by atoms with Crippen LogP contribution in [0.2, 0.25) is 0 Å². The molecule has 0 bridgehead atoms. The Kier molecular flexibility index (Phi) is 7.85. The first-order chi connectivity index (χ1) is 14.8. The maximum atomic E-state index is 12.8. The van der Waals surface area contributed by atoms with E-state index in [-0.39, 0.29) is 37.3 Å². The number of benzene rings is 2. The third-order valence-electron chi connectivity index (χ3n) is 5.16. The number of piperidine rings is 1. The van der Waals surface area contributed by atoms with E-state index in [1.54, 1.807) is 43.3 Å². The fourth-order valence-electron chi connectivity index (χ4n) is 3.49. The van der Waals surface area contributed by atoms with E-state index >= 15 is 0 Å². The van der Waals surface area contributed by atoms with Crippen LogP contribution in [0.3, 0.4) is 0 Å². The number of hydrogen-bond acceptors (Lipinski definition) is 5. The second-order valence-electron chi connectivity index (χ2n) is 7.31. The summed E-state index contributed by atoms with van der Waals surface area (Å²) in [5, 5.41) is 2.81. The van der Waals surface area contributed by atoms with E-state index in [0.717, 1.165) is 10.0 Å². The lowest BCUT2D eigenvalue weighted by atomic mass is 9.97. The SMILES string of the molecule is CCOC(=O)c1ccccc1NC(=O)C1CCN(S(=O)(=O)Cc2ccc(Br)cc2)CC1. The van der Waals surface area contributed by atoms with E-state index in [1.807, 2.05) is 12.1 Å². The van der Waals surface area contributed by atoms with E-state index in [4.69, 9.17) is 4.74 Å². The van der Waals surface area contributed by atoms with E-state index in [2.05, 4.69) is 21.2 Å². The summed E-state index contributed by atoms with van der Waals surface area (Å²) in [4.78, 5) is 24.8. The minimum Gasteiger partial charge on any atom is -0.462 e. The number of nitrogens with zero attached hydrogens (tertiary/aromatic N) is 1. The zero-order valence-electron chi connectivity index (χ0n) is 17.2. The Morgan fingerprint density at radius 1 is 1.10 bits per heavy atom. The van der Waals surface area contributed by atoms with Gasteiger partial charge in [0.1, 0.15) is 0 Å². The second kappa shape index (κ2) is 10.4. The lowest BCUT2D eigenvalue weighted by Gasteiger charge is -2.30. The summed E-state index contributed by atoms with van der Waals surface area (Å²) in [7, 11) is -3.46. The average molecular weight is 509 g/mol. The third-order valence-corrected chi connectivity index (χ3v) is 7.54. The zero-order valence-corrected chi connectivity index (χ0v) is 19.6. The lowest BCUT2D eigenvalue weighted by Crippen LogP contribution is -2.42. The smallest absolute Gasteiger partial charge is 0.340 e. The van der Waals surface area contributed by atoms with Gasteiger partial charge in [-0.15, -0.1) is 0 Å². The van der Waals surface area contributed by atoms with Crippen LogP contribution in [0.25, 0.3) is 0 Å². The molecule has 0 radical (unpaired) electrons. The molecule has 31 heavy (non-hydrogen) atoms. The second-order valence-corrected chi connectivity index (χ2v) is 10.2. The fraction of sp³-hybridized carbons (Fsp3) is 0.364. The maximum Gasteiger partial charge on any atom is 0.340 e. The number of amides is 1. The molecule has 3 rings (SSSR count). The minimum atomic E-state index is -3.46. The topological polar surface area (TPSA) is 92.8 Å². The summed E-state index contributed by atoms with van der Waals surface area (Å²) in [5.41, 5.74) is 1.42. The van der Waals surface area contributed by atoms with Crippen LogP contribution in [0, 0.1) is 5.92 Å². The summed E-state index contributed by atoms with van der Waals surface area (Å²) in [6.45, 7) is 2.54. The van der Waals surface area contributed by atoms with Crippen molar-refractivity contribution in [3.05, 3.63) is 64.1 Å². The Morgan fingerprint density at radius 2 is 1.74 bits per heavy atom. The van der Waals surface area contributed by atoms with E-state index in [0.29, 0.717) is 24.1 Å². The molecule has 0 aromatic heterocycles. The van der Waals surface area contributed by atoms with Gasteiger partial charge in [0.25, 0.3) is 0 Å². The molecule has 1 heterocycles. The van der Waals surface area contributed by atoms with Gasteiger partial charge < -0.3 is 10.1 Å². The van der Waals surface area contributed by atoms with Crippen LogP contribution in [0.4, 0.5) is 5.69 Å². The van der Waals surface area contributed by atoms with E-state index in [1.165, 1.54) is 4.31 Å². The predicted octanol–water partition coefficient (Wildman–Crippen LogP) is 3.81. The Hall–Kier alpha value is -2.23. The molecule has 2 aromatic rings. The quantitative estimate of drug-likeness (QED) is 0.574. The number of sulfonamides is 1. The molecule has 0 atom stereocenters. The molecule has 0 unspecified atom stereocenters. The monoisotopic (exact) mass is 508 g/mol. The van der Waals surface area contributed by atoms with Gasteiger partial charge in [-0.2, -0.15) is 0 Å². The molecule has 1 fully saturated rings. The summed E-state index contributed by atoms with van der Waals surface area (Å²) >= 11 is 3.34. The molecule has 166 valence electrons. The van der Waals surface area contributed by atoms with Crippen molar-refractivity contribution in [3.8, 4) is 0 Å². The normalized spacial score (nSPS) is 15.4. The molecule has 2 aromatic carbocycles. The molecular weight excluding hydrogens is 484 g/mol. The predicted molar refractivity (Wildman–Crippen MR) is 122 cm³/mol. The van der Waals surface area contributed by atoms with Gasteiger partial charge in [0.15, 0.2) is 0 Å². The van der Waals surface area contributed by atoms with Crippen molar-refractivity contribution in [1.82, 2.24) is 4.31 Å². The van der Waals surface area contributed by atoms with Crippen LogP contribution < -0.4 is 5.32 Å². The van der Waals surface area contributed by atoms with E-state index in [9.17, 15) is 18.0 Å². The number of carbonyl (C=O) groups excluding carboxylic acids is 2. The number of nitrogens with one attached hydrogen (secondary N) is 1. The van der Waals surface area contributed by atoms with Gasteiger partial charge in [0, 0.05) is 23.5 Å².